The van der Waals surface area contributed by atoms with E-state index in [1.165, 1.54) is 135 Å². The zero-order valence-electron chi connectivity index (χ0n) is 39.1. The van der Waals surface area contributed by atoms with Crippen LogP contribution in [-0.4, -0.2) is 65.7 Å². The molecule has 0 aromatic carbocycles. The first-order chi connectivity index (χ1) is 29.7. The Balaban J connectivity index is 4.20. The number of carbonyl (C=O) groups excluding carboxylic acids is 2. The molecule has 0 aliphatic rings. The van der Waals surface area contributed by atoms with Gasteiger partial charge in [0.15, 0.2) is 6.10 Å². The summed E-state index contributed by atoms with van der Waals surface area (Å²) < 4.78 is 32.8. The number of aliphatic hydroxyl groups is 2. The topological polar surface area (TPSA) is 149 Å². The van der Waals surface area contributed by atoms with E-state index in [4.69, 9.17) is 23.6 Å². The molecule has 0 rings (SSSR count). The van der Waals surface area contributed by atoms with Crippen LogP contribution >= 0.6 is 7.82 Å². The van der Waals surface area contributed by atoms with Crippen molar-refractivity contribution in [2.75, 3.05) is 26.4 Å². The number of hydrogen-bond donors (Lipinski definition) is 3. The first-order valence-electron chi connectivity index (χ1n) is 24.9. The third kappa shape index (κ3) is 46.0. The maximum atomic E-state index is 12.6. The first kappa shape index (κ1) is 59.2. The van der Waals surface area contributed by atoms with Crippen molar-refractivity contribution in [2.24, 2.45) is 0 Å². The summed E-state index contributed by atoms with van der Waals surface area (Å²) in [6.45, 7) is 2.36. The van der Waals surface area contributed by atoms with E-state index < -0.39 is 51.8 Å². The van der Waals surface area contributed by atoms with Gasteiger partial charge in [0.2, 0.25) is 0 Å². The molecule has 61 heavy (non-hydrogen) atoms. The Morgan fingerprint density at radius 1 is 0.492 bits per heavy atom. The van der Waals surface area contributed by atoms with E-state index in [9.17, 15) is 24.2 Å². The lowest BCUT2D eigenvalue weighted by atomic mass is 10.0. The van der Waals surface area contributed by atoms with Gasteiger partial charge in [-0.3, -0.25) is 18.6 Å². The molecule has 10 nitrogen and oxygen atoms in total. The summed E-state index contributed by atoms with van der Waals surface area (Å²) in [7, 11) is -4.63. The summed E-state index contributed by atoms with van der Waals surface area (Å²) in [4.78, 5) is 35.1. The van der Waals surface area contributed by atoms with E-state index in [1.807, 2.05) is 0 Å². The summed E-state index contributed by atoms with van der Waals surface area (Å²) in [5.74, 6) is -0.940. The van der Waals surface area contributed by atoms with Crippen molar-refractivity contribution in [1.29, 1.82) is 0 Å². The number of rotatable bonds is 47. The van der Waals surface area contributed by atoms with Gasteiger partial charge in [0.1, 0.15) is 12.7 Å². The second kappa shape index (κ2) is 46.2. The number of unbranched alkanes of at least 4 members (excludes halogenated alkanes) is 27. The van der Waals surface area contributed by atoms with Crippen molar-refractivity contribution in [3.05, 3.63) is 36.5 Å². The maximum absolute atomic E-state index is 12.6. The Hall–Kier alpha value is -1.81. The highest BCUT2D eigenvalue weighted by atomic mass is 31.2. The van der Waals surface area contributed by atoms with Gasteiger partial charge < -0.3 is 24.6 Å². The molecule has 3 N–H and O–H groups in total. The van der Waals surface area contributed by atoms with Gasteiger partial charge in [-0.05, 0) is 51.4 Å². The molecule has 0 heterocycles. The molecule has 0 amide bonds. The summed E-state index contributed by atoms with van der Waals surface area (Å²) in [6.07, 6.45) is 49.7. The Morgan fingerprint density at radius 3 is 1.31 bits per heavy atom. The number of phosphoric acid groups is 1. The van der Waals surface area contributed by atoms with Crippen molar-refractivity contribution in [3.63, 3.8) is 0 Å². The summed E-state index contributed by atoms with van der Waals surface area (Å²) in [5.41, 5.74) is 0. The fourth-order valence-electron chi connectivity index (χ4n) is 6.94. The van der Waals surface area contributed by atoms with Crippen LogP contribution in [-0.2, 0) is 32.7 Å². The van der Waals surface area contributed by atoms with Crippen LogP contribution in [0.3, 0.4) is 0 Å². The minimum absolute atomic E-state index is 0.160. The number of phosphoric ester groups is 1. The molecule has 0 saturated carbocycles. The lowest BCUT2D eigenvalue weighted by molar-refractivity contribution is -0.161. The van der Waals surface area contributed by atoms with Crippen molar-refractivity contribution in [2.45, 2.75) is 244 Å². The lowest BCUT2D eigenvalue weighted by Crippen LogP contribution is -2.29. The number of ether oxygens (including phenoxy) is 2. The molecular weight excluding hydrogens is 792 g/mol. The highest BCUT2D eigenvalue weighted by molar-refractivity contribution is 7.47. The van der Waals surface area contributed by atoms with Crippen LogP contribution in [0, 0.1) is 0 Å². The molecule has 358 valence electrons. The third-order valence-corrected chi connectivity index (χ3v) is 11.7. The molecule has 11 heteroatoms. The van der Waals surface area contributed by atoms with E-state index in [0.717, 1.165) is 57.8 Å². The average Bonchev–Trinajstić information content (AvgIpc) is 3.25. The SMILES string of the molecule is CCCCC/C=C/C/C=C/C/C=C/CCCCCCC(=O)O[C@H](COC(=O)CCCCCCCCCCCCCCCCCCCCCCC)COP(=O)(O)OC[C@@H](O)CO. The van der Waals surface area contributed by atoms with Gasteiger partial charge in [0.05, 0.1) is 19.8 Å². The van der Waals surface area contributed by atoms with Crippen LogP contribution in [0.2, 0.25) is 0 Å². The van der Waals surface area contributed by atoms with Crippen LogP contribution in [0.15, 0.2) is 36.5 Å². The highest BCUT2D eigenvalue weighted by Crippen LogP contribution is 2.43. The smallest absolute Gasteiger partial charge is 0.462 e. The van der Waals surface area contributed by atoms with Crippen molar-refractivity contribution in [1.82, 2.24) is 0 Å². The van der Waals surface area contributed by atoms with Crippen LogP contribution < -0.4 is 0 Å². The lowest BCUT2D eigenvalue weighted by Gasteiger charge is -2.20. The van der Waals surface area contributed by atoms with Gasteiger partial charge in [-0.15, -0.1) is 0 Å². The molecule has 0 radical (unpaired) electrons. The monoisotopic (exact) mass is 885 g/mol. The van der Waals surface area contributed by atoms with Gasteiger partial charge in [0, 0.05) is 12.8 Å². The Morgan fingerprint density at radius 2 is 0.852 bits per heavy atom. The van der Waals surface area contributed by atoms with Crippen molar-refractivity contribution < 1.29 is 47.8 Å². The van der Waals surface area contributed by atoms with Crippen LogP contribution in [0.5, 0.6) is 0 Å². The third-order valence-electron chi connectivity index (χ3n) is 10.8. The van der Waals surface area contributed by atoms with Gasteiger partial charge in [0.25, 0.3) is 0 Å². The van der Waals surface area contributed by atoms with E-state index in [-0.39, 0.29) is 19.4 Å². The number of aliphatic hydroxyl groups excluding tert-OH is 2. The van der Waals surface area contributed by atoms with Crippen molar-refractivity contribution >= 4 is 19.8 Å². The van der Waals surface area contributed by atoms with E-state index >= 15 is 0 Å². The summed E-state index contributed by atoms with van der Waals surface area (Å²) in [6, 6.07) is 0. The molecule has 0 bridgehead atoms. The predicted molar refractivity (Wildman–Crippen MR) is 251 cm³/mol. The number of hydrogen-bond acceptors (Lipinski definition) is 9. The Kier molecular flexibility index (Phi) is 44.8. The van der Waals surface area contributed by atoms with E-state index in [2.05, 4.69) is 50.3 Å². The molecule has 0 aliphatic carbocycles. The molecule has 0 aromatic heterocycles. The Bertz CT molecular complexity index is 1110. The molecule has 0 saturated heterocycles. The highest BCUT2D eigenvalue weighted by Gasteiger charge is 2.27. The quantitative estimate of drug-likeness (QED) is 0.0233. The molecule has 1 unspecified atom stereocenters. The minimum Gasteiger partial charge on any atom is -0.462 e. The second-order valence-corrected chi connectivity index (χ2v) is 18.3. The zero-order chi connectivity index (χ0) is 44.8. The van der Waals surface area contributed by atoms with Crippen molar-refractivity contribution in [3.8, 4) is 0 Å². The van der Waals surface area contributed by atoms with Gasteiger partial charge in [-0.25, -0.2) is 4.57 Å². The molecule has 0 spiro atoms. The van der Waals surface area contributed by atoms with Gasteiger partial charge >= 0.3 is 19.8 Å². The Labute approximate surface area is 373 Å². The maximum Gasteiger partial charge on any atom is 0.472 e. The average molecular weight is 885 g/mol. The molecule has 3 atom stereocenters. The number of allylic oxidation sites excluding steroid dienone is 6. The van der Waals surface area contributed by atoms with E-state index in [1.54, 1.807) is 0 Å². The largest absolute Gasteiger partial charge is 0.472 e. The molecule has 0 aromatic rings. The zero-order valence-corrected chi connectivity index (χ0v) is 40.0. The van der Waals surface area contributed by atoms with Crippen LogP contribution in [0.25, 0.3) is 0 Å². The predicted octanol–water partition coefficient (Wildman–Crippen LogP) is 13.9. The fourth-order valence-corrected chi connectivity index (χ4v) is 7.73. The van der Waals surface area contributed by atoms with Gasteiger partial charge in [-0.2, -0.15) is 0 Å². The second-order valence-electron chi connectivity index (χ2n) is 16.8. The summed E-state index contributed by atoms with van der Waals surface area (Å²) in [5, 5.41) is 18.4. The first-order valence-corrected chi connectivity index (χ1v) is 26.4. The minimum atomic E-state index is -4.63. The molecule has 0 fully saturated rings. The standard InChI is InChI=1S/C50H93O10P/c1-3-5-7-9-11-13-15-17-19-21-22-23-24-26-27-29-31-33-35-37-39-41-49(53)57-45-48(46-59-61(55,56)58-44-47(52)43-51)60-50(54)42-40-38-36-34-32-30-28-25-20-18-16-14-12-10-8-6-4-2/h12,14,18,20,28,30,47-48,51-52H,3-11,13,15-17,19,21-27,29,31-46H2,1-2H3,(H,55,56)/b14-12+,20-18+,30-28+/t47-,48+/m0/s1. The fraction of sp³-hybridized carbons (Fsp3) is 0.840. The van der Waals surface area contributed by atoms with E-state index in [0.29, 0.717) is 12.8 Å². The number of esters is 2. The summed E-state index contributed by atoms with van der Waals surface area (Å²) >= 11 is 0. The van der Waals surface area contributed by atoms with Gasteiger partial charge in [-0.1, -0.05) is 204 Å². The normalized spacial score (nSPS) is 14.0. The van der Waals surface area contributed by atoms with Crippen LogP contribution in [0.1, 0.15) is 232 Å². The van der Waals surface area contributed by atoms with Crippen LogP contribution in [0.4, 0.5) is 0 Å². The number of carbonyl (C=O) groups is 2. The molecular formula is C50H93O10P. The molecule has 0 aliphatic heterocycles.